The summed E-state index contributed by atoms with van der Waals surface area (Å²) in [4.78, 5) is 0. The van der Waals surface area contributed by atoms with E-state index >= 15 is 0 Å². The Morgan fingerprint density at radius 3 is 2.57 bits per heavy atom. The van der Waals surface area contributed by atoms with E-state index in [4.69, 9.17) is 0 Å². The molecule has 0 aliphatic heterocycles. The van der Waals surface area contributed by atoms with Gasteiger partial charge in [0.15, 0.2) is 0 Å². The van der Waals surface area contributed by atoms with Crippen LogP contribution in [0.25, 0.3) is 0 Å². The molecule has 0 bridgehead atoms. The Kier molecular flexibility index (Phi) is 5.72. The van der Waals surface area contributed by atoms with Crippen molar-refractivity contribution in [3.8, 4) is 0 Å². The molecule has 0 aromatic heterocycles. The first kappa shape index (κ1) is 6.85. The topological polar surface area (TPSA) is 29.1 Å². The maximum atomic E-state index is 11.1. The average Bonchev–Trinajstić information content (AvgIpc) is 1.69. The molecule has 0 spiro atoms. The van der Waals surface area contributed by atoms with Crippen LogP contribution in [-0.2, 0) is 9.84 Å². The van der Waals surface area contributed by atoms with Crippen LogP contribution in [0.2, 0.25) is 0 Å². The molecule has 0 saturated carbocycles. The lowest BCUT2D eigenvalue weighted by molar-refractivity contribution is 0.0572. The van der Waals surface area contributed by atoms with Crippen molar-refractivity contribution in [1.29, 1.82) is 0 Å². The van der Waals surface area contributed by atoms with Gasteiger partial charge in [-0.3, -0.25) is 0 Å². The van der Waals surface area contributed by atoms with Crippen LogP contribution in [0, 0.1) is 0 Å². The summed E-state index contributed by atoms with van der Waals surface area (Å²) in [6.45, 7) is -0.591. The van der Waals surface area contributed by atoms with E-state index in [1.807, 2.05) is 0 Å². The monoisotopic (exact) mass is 107 g/mol. The van der Waals surface area contributed by atoms with Gasteiger partial charge in [-0.15, -0.1) is 0 Å². The van der Waals surface area contributed by atoms with Crippen molar-refractivity contribution >= 4 is 0 Å². The highest BCUT2D eigenvalue weighted by molar-refractivity contribution is 4.24. The van der Waals surface area contributed by atoms with Crippen molar-refractivity contribution in [3.05, 3.63) is 0 Å². The lowest BCUT2D eigenvalue weighted by Crippen LogP contribution is -2.00. The number of rotatable bonds is 4. The third-order valence-corrected chi connectivity index (χ3v) is 0.449. The minimum absolute atomic E-state index is 0.0578. The molecule has 0 saturated heterocycles. The van der Waals surface area contributed by atoms with Gasteiger partial charge in [-0.05, 0) is 0 Å². The molecule has 0 unspecified atom stereocenters. The number of hydrogen-bond acceptors (Lipinski definition) is 1. The molecule has 0 atom stereocenters. The van der Waals surface area contributed by atoms with Crippen LogP contribution in [0.4, 0.5) is 4.39 Å². The molecule has 0 amide bonds. The molecular formula is C4H8FO2. The van der Waals surface area contributed by atoms with E-state index in [2.05, 4.69) is 4.74 Å². The third-order valence-electron chi connectivity index (χ3n) is 0.449. The van der Waals surface area contributed by atoms with Gasteiger partial charge >= 0.3 is 0 Å². The van der Waals surface area contributed by atoms with Gasteiger partial charge in [0.2, 0.25) is 0 Å². The van der Waals surface area contributed by atoms with E-state index in [0.29, 0.717) is 0 Å². The van der Waals surface area contributed by atoms with E-state index in [9.17, 15) is 9.50 Å². The zero-order chi connectivity index (χ0) is 5.54. The van der Waals surface area contributed by atoms with Crippen LogP contribution >= 0.6 is 0 Å². The second kappa shape index (κ2) is 5.85. The van der Waals surface area contributed by atoms with E-state index in [0.717, 1.165) is 0 Å². The first-order valence-electron chi connectivity index (χ1n) is 2.13. The van der Waals surface area contributed by atoms with Crippen LogP contribution in [0.15, 0.2) is 0 Å². The van der Waals surface area contributed by atoms with Crippen molar-refractivity contribution in [3.63, 3.8) is 0 Å². The summed E-state index contributed by atoms with van der Waals surface area (Å²) in [6, 6.07) is 0. The van der Waals surface area contributed by atoms with E-state index in [1.54, 1.807) is 0 Å². The molecule has 7 heavy (non-hydrogen) atoms. The van der Waals surface area contributed by atoms with Crippen LogP contribution in [0.5, 0.6) is 0 Å². The Hall–Kier alpha value is -0.150. The summed E-state index contributed by atoms with van der Waals surface area (Å²) in [7, 11) is 0. The Morgan fingerprint density at radius 2 is 2.14 bits per heavy atom. The third kappa shape index (κ3) is 5.85. The standard InChI is InChI=1S/C4H8FO2/c5-1-3-7-4-2-6/h1-4H2. The van der Waals surface area contributed by atoms with Gasteiger partial charge in [-0.2, -0.15) is 0 Å². The zero-order valence-corrected chi connectivity index (χ0v) is 4.02. The molecule has 0 aromatic rings. The Labute approximate surface area is 41.9 Å². The van der Waals surface area contributed by atoms with Crippen molar-refractivity contribution in [1.82, 2.24) is 0 Å². The van der Waals surface area contributed by atoms with Gasteiger partial charge in [0.25, 0.3) is 0 Å². The number of ether oxygens (including phenoxy) is 1. The Bertz CT molecular complexity index is 28.9. The Balaban J connectivity index is 2.45. The number of halogens is 1. The molecule has 0 aromatic carbocycles. The van der Waals surface area contributed by atoms with Gasteiger partial charge in [-0.25, -0.2) is 9.50 Å². The fourth-order valence-electron chi connectivity index (χ4n) is 0.216. The molecule has 0 heterocycles. The highest BCUT2D eigenvalue weighted by atomic mass is 19.1. The minimum Gasteiger partial charge on any atom is -0.376 e. The van der Waals surface area contributed by atoms with Gasteiger partial charge in [0, 0.05) is 0 Å². The van der Waals surface area contributed by atoms with Gasteiger partial charge < -0.3 is 4.74 Å². The first-order chi connectivity index (χ1) is 3.41. The molecule has 1 radical (unpaired) electrons. The predicted octanol–water partition coefficient (Wildman–Crippen LogP) is 0.403. The summed E-state index contributed by atoms with van der Waals surface area (Å²) < 4.78 is 15.5. The highest BCUT2D eigenvalue weighted by Gasteiger charge is 1.81. The van der Waals surface area contributed by atoms with Crippen molar-refractivity contribution in [2.75, 3.05) is 26.5 Å². The molecule has 2 nitrogen and oxygen atoms in total. The summed E-state index contributed by atoms with van der Waals surface area (Å²) in [5.41, 5.74) is 0. The van der Waals surface area contributed by atoms with Gasteiger partial charge in [-0.1, -0.05) is 0 Å². The first-order valence-corrected chi connectivity index (χ1v) is 2.13. The summed E-state index contributed by atoms with van der Waals surface area (Å²) in [5.74, 6) is 0. The molecule has 3 heteroatoms. The molecule has 0 N–H and O–H groups in total. The normalized spacial score (nSPS) is 9.43. The zero-order valence-electron chi connectivity index (χ0n) is 4.02. The number of alkyl halides is 1. The van der Waals surface area contributed by atoms with Crippen molar-refractivity contribution < 1.29 is 14.2 Å². The number of hydrogen-bond donors (Lipinski definition) is 0. The molecule has 43 valence electrons. The largest absolute Gasteiger partial charge is 0.376 e. The molecule has 0 rings (SSSR count). The second-order valence-corrected chi connectivity index (χ2v) is 1.01. The van der Waals surface area contributed by atoms with E-state index in [1.165, 1.54) is 0 Å². The fourth-order valence-corrected chi connectivity index (χ4v) is 0.216. The maximum Gasteiger partial charge on any atom is 0.113 e. The van der Waals surface area contributed by atoms with Crippen LogP contribution in [-0.4, -0.2) is 26.5 Å². The molecular weight excluding hydrogens is 99.0 g/mol. The quantitative estimate of drug-likeness (QED) is 0.478. The van der Waals surface area contributed by atoms with Crippen molar-refractivity contribution in [2.45, 2.75) is 0 Å². The second-order valence-electron chi connectivity index (χ2n) is 1.01. The predicted molar refractivity (Wildman–Crippen MR) is 22.3 cm³/mol. The smallest absolute Gasteiger partial charge is 0.113 e. The van der Waals surface area contributed by atoms with E-state index < -0.39 is 6.67 Å². The summed E-state index contributed by atoms with van der Waals surface area (Å²) in [5, 5.41) is 9.56. The Morgan fingerprint density at radius 1 is 1.43 bits per heavy atom. The van der Waals surface area contributed by atoms with Crippen LogP contribution < -0.4 is 0 Å². The molecule has 0 aliphatic rings. The van der Waals surface area contributed by atoms with Gasteiger partial charge in [0.1, 0.15) is 13.3 Å². The highest BCUT2D eigenvalue weighted by Crippen LogP contribution is 1.72. The van der Waals surface area contributed by atoms with Crippen molar-refractivity contribution in [2.24, 2.45) is 0 Å². The fraction of sp³-hybridized carbons (Fsp3) is 1.00. The summed E-state index contributed by atoms with van der Waals surface area (Å²) >= 11 is 0. The molecule has 0 aliphatic carbocycles. The van der Waals surface area contributed by atoms with Crippen LogP contribution in [0.3, 0.4) is 0 Å². The van der Waals surface area contributed by atoms with Gasteiger partial charge in [0.05, 0.1) is 13.2 Å². The molecule has 0 fully saturated rings. The lowest BCUT2D eigenvalue weighted by Gasteiger charge is -1.92. The van der Waals surface area contributed by atoms with Crippen LogP contribution in [0.1, 0.15) is 0 Å². The average molecular weight is 107 g/mol. The lowest BCUT2D eigenvalue weighted by atomic mass is 10.7. The SMILES string of the molecule is [O]CCOCCF. The summed E-state index contributed by atoms with van der Waals surface area (Å²) in [6.07, 6.45) is 0. The minimum atomic E-state index is -0.500. The maximum absolute atomic E-state index is 11.1. The van der Waals surface area contributed by atoms with E-state index in [-0.39, 0.29) is 19.8 Å².